The zero-order valence-corrected chi connectivity index (χ0v) is 24.0. The fourth-order valence-corrected chi connectivity index (χ4v) is 7.04. The van der Waals surface area contributed by atoms with E-state index in [9.17, 15) is 14.4 Å². The van der Waals surface area contributed by atoms with Gasteiger partial charge in [0.2, 0.25) is 0 Å². The van der Waals surface area contributed by atoms with Crippen molar-refractivity contribution >= 4 is 31.8 Å². The van der Waals surface area contributed by atoms with Crippen molar-refractivity contribution in [2.24, 2.45) is 11.0 Å². The maximum atomic E-state index is 13.3. The molecule has 0 unspecified atom stereocenters. The monoisotopic (exact) mass is 558 g/mol. The van der Waals surface area contributed by atoms with Gasteiger partial charge in [0.25, 0.3) is 0 Å². The fraction of sp³-hybridized carbons (Fsp3) is 0.290. The van der Waals surface area contributed by atoms with Crippen LogP contribution in [0.3, 0.4) is 0 Å². The lowest BCUT2D eigenvalue weighted by Crippen LogP contribution is -2.54. The van der Waals surface area contributed by atoms with Gasteiger partial charge in [-0.3, -0.25) is 4.79 Å². The van der Waals surface area contributed by atoms with Crippen LogP contribution in [-0.4, -0.2) is 42.5 Å². The second-order valence-electron chi connectivity index (χ2n) is 10.7. The Kier molecular flexibility index (Phi) is 9.50. The number of hydrazone groups is 1. The minimum Gasteiger partial charge on any atom is -0.461 e. The number of esters is 2. The third kappa shape index (κ3) is 7.66. The van der Waals surface area contributed by atoms with Crippen LogP contribution < -0.4 is 0 Å². The zero-order valence-electron chi connectivity index (χ0n) is 23.0. The highest BCUT2D eigenvalue weighted by molar-refractivity contribution is 6.78. The van der Waals surface area contributed by atoms with Gasteiger partial charge in [-0.15, -0.1) is 0 Å². The van der Waals surface area contributed by atoms with Crippen molar-refractivity contribution in [1.29, 1.82) is 0 Å². The van der Waals surface area contributed by atoms with Gasteiger partial charge in [-0.25, -0.2) is 9.59 Å². The van der Waals surface area contributed by atoms with Crippen molar-refractivity contribution in [2.45, 2.75) is 51.5 Å². The first-order valence-corrected chi connectivity index (χ1v) is 16.8. The van der Waals surface area contributed by atoms with Crippen molar-refractivity contribution in [3.05, 3.63) is 108 Å². The molecule has 1 aliphatic heterocycles. The topological polar surface area (TPSA) is 94.5 Å². The summed E-state index contributed by atoms with van der Waals surface area (Å²) in [5.74, 6) is -1.85. The van der Waals surface area contributed by atoms with E-state index in [1.54, 1.807) is 0 Å². The molecule has 1 amide bonds. The smallest absolute Gasteiger partial charge is 0.430 e. The van der Waals surface area contributed by atoms with Gasteiger partial charge in [-0.1, -0.05) is 111 Å². The quantitative estimate of drug-likeness (QED) is 0.179. The van der Waals surface area contributed by atoms with Gasteiger partial charge in [-0.05, 0) is 16.7 Å². The number of rotatable bonds is 10. The van der Waals surface area contributed by atoms with E-state index in [1.165, 1.54) is 5.01 Å². The largest absolute Gasteiger partial charge is 0.461 e. The Bertz CT molecular complexity index is 1330. The molecule has 0 saturated heterocycles. The summed E-state index contributed by atoms with van der Waals surface area (Å²) in [6.07, 6.45) is -0.798. The number of nitrogens with zero attached hydrogens (tertiary/aromatic N) is 2. The van der Waals surface area contributed by atoms with Gasteiger partial charge in [0, 0.05) is 5.92 Å². The Morgan fingerprint density at radius 3 is 1.62 bits per heavy atom. The molecule has 3 aromatic rings. The predicted octanol–water partition coefficient (Wildman–Crippen LogP) is 5.73. The molecule has 0 radical (unpaired) electrons. The van der Waals surface area contributed by atoms with E-state index in [0.29, 0.717) is 0 Å². The molecule has 2 atom stereocenters. The molecule has 0 aromatic heterocycles. The predicted molar refractivity (Wildman–Crippen MR) is 154 cm³/mol. The molecule has 4 rings (SSSR count). The summed E-state index contributed by atoms with van der Waals surface area (Å²) in [7, 11) is -2.25. The molecule has 0 N–H and O–H groups in total. The van der Waals surface area contributed by atoms with Gasteiger partial charge >= 0.3 is 18.0 Å². The number of benzene rings is 3. The molecular formula is C31H34N2O6Si. The Hall–Kier alpha value is -4.24. The lowest BCUT2D eigenvalue weighted by atomic mass is 9.99. The number of hydrogen-bond acceptors (Lipinski definition) is 7. The maximum absolute atomic E-state index is 13.3. The van der Waals surface area contributed by atoms with E-state index in [4.69, 9.17) is 14.2 Å². The second kappa shape index (κ2) is 13.2. The molecule has 0 saturated carbocycles. The van der Waals surface area contributed by atoms with Gasteiger partial charge in [0.05, 0.1) is 20.2 Å². The molecule has 0 spiro atoms. The van der Waals surface area contributed by atoms with Crippen molar-refractivity contribution < 1.29 is 28.6 Å². The molecule has 0 bridgehead atoms. The molecule has 208 valence electrons. The average Bonchev–Trinajstić information content (AvgIpc) is 3.35. The molecule has 1 heterocycles. The van der Waals surface area contributed by atoms with E-state index in [0.717, 1.165) is 16.7 Å². The normalized spacial score (nSPS) is 16.7. The average molecular weight is 559 g/mol. The summed E-state index contributed by atoms with van der Waals surface area (Å²) < 4.78 is 16.7. The van der Waals surface area contributed by atoms with Gasteiger partial charge in [0.15, 0.2) is 5.71 Å². The molecular weight excluding hydrogens is 524 g/mol. The summed E-state index contributed by atoms with van der Waals surface area (Å²) in [6.45, 7) is 6.39. The second-order valence-corrected chi connectivity index (χ2v) is 16.0. The standard InChI is InChI=1S/C31H34N2O6Si/c1-40(2,3)29-26(19-27(34)37-20-23-13-7-4-8-14-23)28(30(35)38-21-24-15-9-5-10-16-24)32-33(29)31(36)39-22-25-17-11-6-12-18-25/h4-18,26,29H,19-22H2,1-3H3/t26-,29-/m1/s1. The van der Waals surface area contributed by atoms with Crippen LogP contribution in [0.4, 0.5) is 4.79 Å². The molecule has 1 aliphatic rings. The highest BCUT2D eigenvalue weighted by Crippen LogP contribution is 2.34. The third-order valence-electron chi connectivity index (χ3n) is 6.54. The highest BCUT2D eigenvalue weighted by Gasteiger charge is 2.51. The Morgan fingerprint density at radius 1 is 0.700 bits per heavy atom. The minimum absolute atomic E-state index is 0.0247. The van der Waals surface area contributed by atoms with Crippen LogP contribution in [0, 0.1) is 5.92 Å². The van der Waals surface area contributed by atoms with E-state index in [2.05, 4.69) is 24.7 Å². The van der Waals surface area contributed by atoms with Crippen molar-refractivity contribution in [2.75, 3.05) is 0 Å². The number of amides is 1. The number of carbonyl (C=O) groups excluding carboxylic acids is 3. The van der Waals surface area contributed by atoms with Gasteiger partial charge in [0.1, 0.15) is 19.8 Å². The van der Waals surface area contributed by atoms with Crippen molar-refractivity contribution in [3.8, 4) is 0 Å². The van der Waals surface area contributed by atoms with Crippen molar-refractivity contribution in [3.63, 3.8) is 0 Å². The Morgan fingerprint density at radius 2 is 1.15 bits per heavy atom. The molecule has 0 fully saturated rings. The van der Waals surface area contributed by atoms with E-state index in [-0.39, 0.29) is 32.0 Å². The SMILES string of the molecule is C[Si](C)(C)[C@@H]1[C@H](CC(=O)OCc2ccccc2)C(C(=O)OCc2ccccc2)=NN1C(=O)OCc1ccccc1. The van der Waals surface area contributed by atoms with Crippen LogP contribution in [0.5, 0.6) is 0 Å². The first kappa shape index (κ1) is 28.8. The van der Waals surface area contributed by atoms with E-state index >= 15 is 0 Å². The van der Waals surface area contributed by atoms with E-state index in [1.807, 2.05) is 91.0 Å². The Labute approximate surface area is 235 Å². The Balaban J connectivity index is 1.55. The zero-order chi connectivity index (χ0) is 28.5. The maximum Gasteiger partial charge on any atom is 0.430 e. The third-order valence-corrected chi connectivity index (χ3v) is 8.96. The first-order chi connectivity index (χ1) is 19.2. The number of hydrogen-bond donors (Lipinski definition) is 0. The molecule has 3 aromatic carbocycles. The van der Waals surface area contributed by atoms with Crippen LogP contribution in [-0.2, 0) is 43.6 Å². The van der Waals surface area contributed by atoms with E-state index < -0.39 is 37.7 Å². The summed E-state index contributed by atoms with van der Waals surface area (Å²) in [4.78, 5) is 39.7. The summed E-state index contributed by atoms with van der Waals surface area (Å²) >= 11 is 0. The number of ether oxygens (including phenoxy) is 3. The minimum atomic E-state index is -2.25. The summed E-state index contributed by atoms with van der Waals surface area (Å²) in [6, 6.07) is 28.0. The van der Waals surface area contributed by atoms with Crippen LogP contribution in [0.2, 0.25) is 19.6 Å². The molecule has 40 heavy (non-hydrogen) atoms. The van der Waals surface area contributed by atoms with Crippen LogP contribution >= 0.6 is 0 Å². The van der Waals surface area contributed by atoms with Crippen LogP contribution in [0.15, 0.2) is 96.1 Å². The molecule has 9 heteroatoms. The molecule has 8 nitrogen and oxygen atoms in total. The fourth-order valence-electron chi connectivity index (χ4n) is 4.66. The first-order valence-electron chi connectivity index (χ1n) is 13.2. The summed E-state index contributed by atoms with van der Waals surface area (Å²) in [5, 5.41) is 5.68. The van der Waals surface area contributed by atoms with Crippen LogP contribution in [0.25, 0.3) is 0 Å². The van der Waals surface area contributed by atoms with Gasteiger partial charge in [-0.2, -0.15) is 10.1 Å². The van der Waals surface area contributed by atoms with Crippen LogP contribution in [0.1, 0.15) is 23.1 Å². The van der Waals surface area contributed by atoms with Gasteiger partial charge < -0.3 is 14.2 Å². The molecule has 0 aliphatic carbocycles. The van der Waals surface area contributed by atoms with Crippen molar-refractivity contribution in [1.82, 2.24) is 5.01 Å². The summed E-state index contributed by atoms with van der Waals surface area (Å²) in [5.41, 5.74) is 2.00. The highest BCUT2D eigenvalue weighted by atomic mass is 28.3. The lowest BCUT2D eigenvalue weighted by Gasteiger charge is -2.34. The number of carbonyl (C=O) groups is 3. The lowest BCUT2D eigenvalue weighted by molar-refractivity contribution is -0.145.